The van der Waals surface area contributed by atoms with Crippen molar-refractivity contribution < 1.29 is 4.79 Å². The van der Waals surface area contributed by atoms with Crippen LogP contribution in [0, 0.1) is 5.41 Å². The minimum Gasteiger partial charge on any atom is -0.348 e. The molecule has 0 bridgehead atoms. The van der Waals surface area contributed by atoms with Crippen molar-refractivity contribution in [3.63, 3.8) is 0 Å². The number of rotatable bonds is 2. The number of nitrogens with zero attached hydrogens (tertiary/aromatic N) is 1. The van der Waals surface area contributed by atoms with Crippen LogP contribution in [-0.4, -0.2) is 21.9 Å². The van der Waals surface area contributed by atoms with Crippen molar-refractivity contribution in [3.05, 3.63) is 28.5 Å². The summed E-state index contributed by atoms with van der Waals surface area (Å²) in [7, 11) is 0. The molecule has 2 aromatic rings. The maximum Gasteiger partial charge on any atom is 0.267 e. The number of hydrogen-bond donors (Lipinski definition) is 2. The number of carbonyl (C=O) groups excluding carboxylic acids is 1. The molecule has 1 amide bonds. The number of aromatic amines is 1. The SMILES string of the molecule is CC1(C)CCC(NC(=O)c2cc3c(Br)ccnc3[nH]2)CC1. The minimum absolute atomic E-state index is 0.0374. The third-order valence-electron chi connectivity index (χ3n) is 4.40. The van der Waals surface area contributed by atoms with Gasteiger partial charge in [-0.1, -0.05) is 13.8 Å². The Morgan fingerprint density at radius 2 is 2.14 bits per heavy atom. The van der Waals surface area contributed by atoms with Crippen molar-refractivity contribution >= 4 is 32.9 Å². The Bertz CT molecular complexity index is 667. The second-order valence-corrected chi connectivity index (χ2v) is 7.50. The first-order chi connectivity index (χ1) is 9.94. The number of pyridine rings is 1. The van der Waals surface area contributed by atoms with Crippen molar-refractivity contribution in [2.45, 2.75) is 45.6 Å². The molecule has 2 N–H and O–H groups in total. The summed E-state index contributed by atoms with van der Waals surface area (Å²) in [5.74, 6) is -0.0374. The molecule has 1 aliphatic carbocycles. The van der Waals surface area contributed by atoms with E-state index >= 15 is 0 Å². The van der Waals surface area contributed by atoms with Crippen molar-refractivity contribution in [1.29, 1.82) is 0 Å². The van der Waals surface area contributed by atoms with E-state index in [0.717, 1.165) is 41.2 Å². The number of hydrogen-bond acceptors (Lipinski definition) is 2. The molecule has 21 heavy (non-hydrogen) atoms. The van der Waals surface area contributed by atoms with Crippen LogP contribution in [0.3, 0.4) is 0 Å². The van der Waals surface area contributed by atoms with Crippen LogP contribution in [0.2, 0.25) is 0 Å². The topological polar surface area (TPSA) is 57.8 Å². The summed E-state index contributed by atoms with van der Waals surface area (Å²) in [5.41, 5.74) is 1.73. The van der Waals surface area contributed by atoms with Crippen molar-refractivity contribution in [1.82, 2.24) is 15.3 Å². The first kappa shape index (κ1) is 14.6. The van der Waals surface area contributed by atoms with Crippen LogP contribution >= 0.6 is 15.9 Å². The first-order valence-electron chi connectivity index (χ1n) is 7.39. The molecule has 4 nitrogen and oxygen atoms in total. The second kappa shape index (κ2) is 5.44. The largest absolute Gasteiger partial charge is 0.348 e. The zero-order chi connectivity index (χ0) is 15.0. The third-order valence-corrected chi connectivity index (χ3v) is 5.09. The highest BCUT2D eigenvalue weighted by Gasteiger charge is 2.28. The molecule has 0 unspecified atom stereocenters. The molecule has 0 saturated heterocycles. The molecule has 0 radical (unpaired) electrons. The summed E-state index contributed by atoms with van der Waals surface area (Å²) >= 11 is 3.48. The molecule has 2 aromatic heterocycles. The van der Waals surface area contributed by atoms with Gasteiger partial charge in [-0.2, -0.15) is 0 Å². The maximum absolute atomic E-state index is 12.4. The van der Waals surface area contributed by atoms with Crippen LogP contribution in [0.15, 0.2) is 22.8 Å². The normalized spacial score (nSPS) is 18.8. The summed E-state index contributed by atoms with van der Waals surface area (Å²) in [4.78, 5) is 19.7. The standard InChI is InChI=1S/C16H20BrN3O/c1-16(2)6-3-10(4-7-16)19-15(21)13-9-11-12(17)5-8-18-14(11)20-13/h5,8-10H,3-4,6-7H2,1-2H3,(H,18,20)(H,19,21). The lowest BCUT2D eigenvalue weighted by Crippen LogP contribution is -2.39. The molecular formula is C16H20BrN3O. The number of halogens is 1. The number of nitrogens with one attached hydrogen (secondary N) is 2. The fourth-order valence-electron chi connectivity index (χ4n) is 2.92. The van der Waals surface area contributed by atoms with Crippen LogP contribution in [0.5, 0.6) is 0 Å². The van der Waals surface area contributed by atoms with Gasteiger partial charge in [-0.25, -0.2) is 4.98 Å². The van der Waals surface area contributed by atoms with Gasteiger partial charge in [0.1, 0.15) is 11.3 Å². The van der Waals surface area contributed by atoms with Gasteiger partial charge in [0, 0.05) is 22.1 Å². The third kappa shape index (κ3) is 3.12. The zero-order valence-corrected chi connectivity index (χ0v) is 14.0. The van der Waals surface area contributed by atoms with Crippen LogP contribution in [0.1, 0.15) is 50.0 Å². The smallest absolute Gasteiger partial charge is 0.267 e. The minimum atomic E-state index is -0.0374. The van der Waals surface area contributed by atoms with Gasteiger partial charge in [-0.05, 0) is 59.2 Å². The maximum atomic E-state index is 12.4. The van der Waals surface area contributed by atoms with Crippen LogP contribution in [0.25, 0.3) is 11.0 Å². The Morgan fingerprint density at radius 1 is 1.43 bits per heavy atom. The molecule has 0 atom stereocenters. The van der Waals surface area contributed by atoms with Crippen LogP contribution in [-0.2, 0) is 0 Å². The van der Waals surface area contributed by atoms with Crippen molar-refractivity contribution in [2.24, 2.45) is 5.41 Å². The molecule has 5 heteroatoms. The molecule has 0 spiro atoms. The quantitative estimate of drug-likeness (QED) is 0.859. The Labute approximate surface area is 132 Å². The molecule has 3 rings (SSSR count). The molecule has 1 aliphatic rings. The Hall–Kier alpha value is -1.36. The average Bonchev–Trinajstić information content (AvgIpc) is 2.87. The van der Waals surface area contributed by atoms with E-state index in [1.165, 1.54) is 0 Å². The van der Waals surface area contributed by atoms with Gasteiger partial charge >= 0.3 is 0 Å². The summed E-state index contributed by atoms with van der Waals surface area (Å²) in [6, 6.07) is 4.02. The van der Waals surface area contributed by atoms with E-state index < -0.39 is 0 Å². The van der Waals surface area contributed by atoms with Crippen molar-refractivity contribution in [2.75, 3.05) is 0 Å². The van der Waals surface area contributed by atoms with Crippen LogP contribution in [0.4, 0.5) is 0 Å². The summed E-state index contributed by atoms with van der Waals surface area (Å²) in [6.45, 7) is 4.60. The molecular weight excluding hydrogens is 330 g/mol. The monoisotopic (exact) mass is 349 g/mol. The summed E-state index contributed by atoms with van der Waals surface area (Å²) < 4.78 is 0.946. The molecule has 0 aromatic carbocycles. The lowest BCUT2D eigenvalue weighted by atomic mass is 9.75. The lowest BCUT2D eigenvalue weighted by Gasteiger charge is -2.34. The van der Waals surface area contributed by atoms with Gasteiger partial charge in [0.15, 0.2) is 0 Å². The highest BCUT2D eigenvalue weighted by molar-refractivity contribution is 9.10. The lowest BCUT2D eigenvalue weighted by molar-refractivity contribution is 0.0905. The van der Waals surface area contributed by atoms with E-state index in [0.29, 0.717) is 11.1 Å². The van der Waals surface area contributed by atoms with E-state index in [4.69, 9.17) is 0 Å². The fourth-order valence-corrected chi connectivity index (χ4v) is 3.34. The molecule has 112 valence electrons. The van der Waals surface area contributed by atoms with Crippen LogP contribution < -0.4 is 5.32 Å². The highest BCUT2D eigenvalue weighted by atomic mass is 79.9. The first-order valence-corrected chi connectivity index (χ1v) is 8.18. The fraction of sp³-hybridized carbons (Fsp3) is 0.500. The van der Waals surface area contributed by atoms with Crippen molar-refractivity contribution in [3.8, 4) is 0 Å². The number of carbonyl (C=O) groups is 1. The number of fused-ring (bicyclic) bond motifs is 1. The van der Waals surface area contributed by atoms with E-state index in [-0.39, 0.29) is 11.9 Å². The predicted molar refractivity (Wildman–Crippen MR) is 87.3 cm³/mol. The van der Waals surface area contributed by atoms with E-state index in [2.05, 4.69) is 45.1 Å². The summed E-state index contributed by atoms with van der Waals surface area (Å²) in [5, 5.41) is 4.08. The molecule has 1 saturated carbocycles. The Balaban J connectivity index is 1.71. The van der Waals surface area contributed by atoms with E-state index in [9.17, 15) is 4.79 Å². The Morgan fingerprint density at radius 3 is 2.81 bits per heavy atom. The Kier molecular flexibility index (Phi) is 3.78. The second-order valence-electron chi connectivity index (χ2n) is 6.65. The van der Waals surface area contributed by atoms with Gasteiger partial charge in [0.05, 0.1) is 0 Å². The molecule has 1 fully saturated rings. The van der Waals surface area contributed by atoms with Gasteiger partial charge in [-0.15, -0.1) is 0 Å². The molecule has 2 heterocycles. The number of amides is 1. The predicted octanol–water partition coefficient (Wildman–Crippen LogP) is 4.02. The zero-order valence-electron chi connectivity index (χ0n) is 12.4. The van der Waals surface area contributed by atoms with E-state index in [1.807, 2.05) is 12.1 Å². The average molecular weight is 350 g/mol. The number of H-pyrrole nitrogens is 1. The number of aromatic nitrogens is 2. The van der Waals surface area contributed by atoms with Gasteiger partial charge in [0.2, 0.25) is 0 Å². The molecule has 0 aliphatic heterocycles. The van der Waals surface area contributed by atoms with Gasteiger partial charge < -0.3 is 10.3 Å². The van der Waals surface area contributed by atoms with Gasteiger partial charge in [-0.3, -0.25) is 4.79 Å². The highest BCUT2D eigenvalue weighted by Crippen LogP contribution is 2.35. The summed E-state index contributed by atoms with van der Waals surface area (Å²) in [6.07, 6.45) is 6.16. The van der Waals surface area contributed by atoms with E-state index in [1.54, 1.807) is 6.20 Å². The van der Waals surface area contributed by atoms with Gasteiger partial charge in [0.25, 0.3) is 5.91 Å².